The van der Waals surface area contributed by atoms with E-state index in [1.165, 1.54) is 0 Å². The molecular weight excluding hydrogens is 292 g/mol. The van der Waals surface area contributed by atoms with Crippen molar-refractivity contribution in [3.63, 3.8) is 0 Å². The van der Waals surface area contributed by atoms with Crippen LogP contribution in [-0.4, -0.2) is 25.1 Å². The summed E-state index contributed by atoms with van der Waals surface area (Å²) in [5.41, 5.74) is 2.46. The van der Waals surface area contributed by atoms with Crippen molar-refractivity contribution >= 4 is 17.8 Å². The Kier molecular flexibility index (Phi) is 5.36. The summed E-state index contributed by atoms with van der Waals surface area (Å²) in [4.78, 5) is 16.4. The normalized spacial score (nSPS) is 11.0. The molecular formula is C18H20N2O3. The Bertz CT molecular complexity index is 739. The van der Waals surface area contributed by atoms with Crippen molar-refractivity contribution in [2.45, 2.75) is 13.8 Å². The highest BCUT2D eigenvalue weighted by atomic mass is 16.5. The van der Waals surface area contributed by atoms with Crippen molar-refractivity contribution in [1.29, 1.82) is 0 Å². The number of hydrogen-bond acceptors (Lipinski definition) is 4. The smallest absolute Gasteiger partial charge is 0.252 e. The van der Waals surface area contributed by atoms with E-state index in [1.807, 2.05) is 31.2 Å². The van der Waals surface area contributed by atoms with Crippen LogP contribution in [0.4, 0.5) is 5.82 Å². The summed E-state index contributed by atoms with van der Waals surface area (Å²) in [6, 6.07) is 9.19. The van der Waals surface area contributed by atoms with Gasteiger partial charge in [0.2, 0.25) is 0 Å². The minimum absolute atomic E-state index is 0.196. The van der Waals surface area contributed by atoms with Crippen LogP contribution in [0.2, 0.25) is 0 Å². The molecule has 0 spiro atoms. The monoisotopic (exact) mass is 312 g/mol. The predicted molar refractivity (Wildman–Crippen MR) is 90.8 cm³/mol. The summed E-state index contributed by atoms with van der Waals surface area (Å²) in [5.74, 6) is 1.61. The largest absolute Gasteiger partial charge is 0.493 e. The van der Waals surface area contributed by atoms with E-state index in [0.29, 0.717) is 22.9 Å². The Hall–Kier alpha value is -2.82. The molecule has 2 aromatic rings. The van der Waals surface area contributed by atoms with E-state index >= 15 is 0 Å². The van der Waals surface area contributed by atoms with Gasteiger partial charge >= 0.3 is 0 Å². The Labute approximate surface area is 136 Å². The first-order chi connectivity index (χ1) is 11.0. The minimum Gasteiger partial charge on any atom is -0.493 e. The first-order valence-electron chi connectivity index (χ1n) is 7.18. The summed E-state index contributed by atoms with van der Waals surface area (Å²) in [6.45, 7) is 3.70. The quantitative estimate of drug-likeness (QED) is 0.859. The number of nitrogens with zero attached hydrogens (tertiary/aromatic N) is 1. The molecule has 0 aliphatic carbocycles. The van der Waals surface area contributed by atoms with Crippen LogP contribution >= 0.6 is 0 Å². The van der Waals surface area contributed by atoms with Gasteiger partial charge in [-0.2, -0.15) is 0 Å². The second-order valence-corrected chi connectivity index (χ2v) is 5.11. The molecule has 1 N–H and O–H groups in total. The first-order valence-corrected chi connectivity index (χ1v) is 7.18. The first kappa shape index (κ1) is 16.5. The maximum absolute atomic E-state index is 12.2. The molecule has 5 heteroatoms. The van der Waals surface area contributed by atoms with E-state index in [2.05, 4.69) is 10.3 Å². The molecule has 0 radical (unpaired) electrons. The molecule has 0 fully saturated rings. The molecule has 0 atom stereocenters. The molecule has 1 aromatic carbocycles. The van der Waals surface area contributed by atoms with Gasteiger partial charge in [-0.05, 0) is 55.3 Å². The van der Waals surface area contributed by atoms with E-state index in [0.717, 1.165) is 11.1 Å². The second-order valence-electron chi connectivity index (χ2n) is 5.11. The number of hydrogen-bond donors (Lipinski definition) is 1. The SMILES string of the molecule is COc1ccc(/C=C(\C)C(=O)Nc2cc(C)ccn2)cc1OC. The van der Waals surface area contributed by atoms with Gasteiger partial charge in [0.25, 0.3) is 5.91 Å². The fraction of sp³-hybridized carbons (Fsp3) is 0.222. The summed E-state index contributed by atoms with van der Waals surface area (Å²) < 4.78 is 10.5. The van der Waals surface area contributed by atoms with Crippen LogP contribution < -0.4 is 14.8 Å². The number of rotatable bonds is 5. The van der Waals surface area contributed by atoms with Crippen molar-refractivity contribution in [1.82, 2.24) is 4.98 Å². The van der Waals surface area contributed by atoms with E-state index in [9.17, 15) is 4.79 Å². The lowest BCUT2D eigenvalue weighted by molar-refractivity contribution is -0.112. The Balaban J connectivity index is 2.17. The summed E-state index contributed by atoms with van der Waals surface area (Å²) in [5, 5.41) is 2.78. The van der Waals surface area contributed by atoms with Crippen LogP contribution in [0.5, 0.6) is 11.5 Å². The topological polar surface area (TPSA) is 60.5 Å². The van der Waals surface area contributed by atoms with Crippen LogP contribution in [0, 0.1) is 6.92 Å². The zero-order valence-electron chi connectivity index (χ0n) is 13.7. The maximum atomic E-state index is 12.2. The zero-order valence-corrected chi connectivity index (χ0v) is 13.7. The molecule has 120 valence electrons. The van der Waals surface area contributed by atoms with Crippen LogP contribution in [0.3, 0.4) is 0 Å². The van der Waals surface area contributed by atoms with Gasteiger partial charge in [-0.1, -0.05) is 6.07 Å². The third kappa shape index (κ3) is 4.32. The van der Waals surface area contributed by atoms with E-state index in [4.69, 9.17) is 9.47 Å². The zero-order chi connectivity index (χ0) is 16.8. The number of carbonyl (C=O) groups is 1. The third-order valence-corrected chi connectivity index (χ3v) is 3.31. The fourth-order valence-corrected chi connectivity index (χ4v) is 2.08. The molecule has 23 heavy (non-hydrogen) atoms. The Morgan fingerprint density at radius 2 is 1.87 bits per heavy atom. The molecule has 0 aliphatic rings. The van der Waals surface area contributed by atoms with Crippen molar-refractivity contribution in [3.8, 4) is 11.5 Å². The van der Waals surface area contributed by atoms with Crippen molar-refractivity contribution in [2.75, 3.05) is 19.5 Å². The van der Waals surface area contributed by atoms with Crippen molar-refractivity contribution in [3.05, 3.63) is 53.2 Å². The molecule has 1 aromatic heterocycles. The number of methoxy groups -OCH3 is 2. The predicted octanol–water partition coefficient (Wildman–Crippen LogP) is 3.45. The fourth-order valence-electron chi connectivity index (χ4n) is 2.08. The van der Waals surface area contributed by atoms with Crippen LogP contribution in [0.1, 0.15) is 18.1 Å². The third-order valence-electron chi connectivity index (χ3n) is 3.31. The lowest BCUT2D eigenvalue weighted by Crippen LogP contribution is -2.13. The Morgan fingerprint density at radius 3 is 2.52 bits per heavy atom. The molecule has 5 nitrogen and oxygen atoms in total. The summed E-state index contributed by atoms with van der Waals surface area (Å²) in [7, 11) is 3.16. The number of anilines is 1. The number of aryl methyl sites for hydroxylation is 1. The van der Waals surface area contributed by atoms with Crippen LogP contribution in [0.15, 0.2) is 42.1 Å². The van der Waals surface area contributed by atoms with E-state index < -0.39 is 0 Å². The van der Waals surface area contributed by atoms with Gasteiger partial charge in [0.15, 0.2) is 11.5 Å². The number of carbonyl (C=O) groups excluding carboxylic acids is 1. The lowest BCUT2D eigenvalue weighted by atomic mass is 10.1. The molecule has 0 unspecified atom stereocenters. The van der Waals surface area contributed by atoms with Crippen molar-refractivity contribution < 1.29 is 14.3 Å². The molecule has 1 heterocycles. The molecule has 0 bridgehead atoms. The molecule has 0 saturated heterocycles. The van der Waals surface area contributed by atoms with Gasteiger partial charge in [0.1, 0.15) is 5.82 Å². The minimum atomic E-state index is -0.196. The van der Waals surface area contributed by atoms with Crippen LogP contribution in [-0.2, 0) is 4.79 Å². The summed E-state index contributed by atoms with van der Waals surface area (Å²) in [6.07, 6.45) is 3.45. The molecule has 1 amide bonds. The van der Waals surface area contributed by atoms with Gasteiger partial charge in [-0.3, -0.25) is 4.79 Å². The standard InChI is InChI=1S/C18H20N2O3/c1-12-7-8-19-17(9-12)20-18(21)13(2)10-14-5-6-15(22-3)16(11-14)23-4/h5-11H,1-4H3,(H,19,20,21)/b13-10+. The lowest BCUT2D eigenvalue weighted by Gasteiger charge is -2.09. The summed E-state index contributed by atoms with van der Waals surface area (Å²) >= 11 is 0. The van der Waals surface area contributed by atoms with Gasteiger partial charge in [0.05, 0.1) is 14.2 Å². The number of aromatic nitrogens is 1. The average Bonchev–Trinajstić information content (AvgIpc) is 2.54. The number of amides is 1. The highest BCUT2D eigenvalue weighted by Crippen LogP contribution is 2.28. The number of nitrogens with one attached hydrogen (secondary N) is 1. The second kappa shape index (κ2) is 7.45. The van der Waals surface area contributed by atoms with Crippen LogP contribution in [0.25, 0.3) is 6.08 Å². The van der Waals surface area contributed by atoms with Gasteiger partial charge in [0, 0.05) is 11.8 Å². The van der Waals surface area contributed by atoms with Crippen molar-refractivity contribution in [2.24, 2.45) is 0 Å². The maximum Gasteiger partial charge on any atom is 0.252 e. The molecule has 0 saturated carbocycles. The van der Waals surface area contributed by atoms with Gasteiger partial charge < -0.3 is 14.8 Å². The highest BCUT2D eigenvalue weighted by Gasteiger charge is 2.08. The van der Waals surface area contributed by atoms with E-state index in [-0.39, 0.29) is 5.91 Å². The molecule has 0 aliphatic heterocycles. The highest BCUT2D eigenvalue weighted by molar-refractivity contribution is 6.05. The average molecular weight is 312 g/mol. The van der Waals surface area contributed by atoms with Gasteiger partial charge in [-0.25, -0.2) is 4.98 Å². The number of pyridine rings is 1. The number of ether oxygens (including phenoxy) is 2. The van der Waals surface area contributed by atoms with Gasteiger partial charge in [-0.15, -0.1) is 0 Å². The van der Waals surface area contributed by atoms with E-state index in [1.54, 1.807) is 39.5 Å². The Morgan fingerprint density at radius 1 is 1.13 bits per heavy atom. The number of benzene rings is 1. The molecule has 2 rings (SSSR count).